The molecule has 27 heavy (non-hydrogen) atoms. The van der Waals surface area contributed by atoms with Crippen molar-refractivity contribution in [2.24, 2.45) is 5.92 Å². The maximum atomic E-state index is 12.6. The van der Waals surface area contributed by atoms with E-state index >= 15 is 0 Å². The van der Waals surface area contributed by atoms with Gasteiger partial charge in [-0.25, -0.2) is 0 Å². The third kappa shape index (κ3) is 5.13. The van der Waals surface area contributed by atoms with Gasteiger partial charge in [0.1, 0.15) is 5.75 Å². The van der Waals surface area contributed by atoms with E-state index in [1.54, 1.807) is 0 Å². The summed E-state index contributed by atoms with van der Waals surface area (Å²) in [5.74, 6) is 0.552. The molecule has 3 rings (SSSR count). The van der Waals surface area contributed by atoms with E-state index in [1.165, 1.54) is 31.2 Å². The maximum Gasteiger partial charge on any atom is 0.314 e. The molecule has 2 aromatic carbocycles. The molecule has 0 heterocycles. The van der Waals surface area contributed by atoms with E-state index in [9.17, 15) is 4.79 Å². The Morgan fingerprint density at radius 3 is 2.33 bits per heavy atom. The van der Waals surface area contributed by atoms with Gasteiger partial charge < -0.3 is 4.74 Å². The van der Waals surface area contributed by atoms with E-state index < -0.39 is 0 Å². The van der Waals surface area contributed by atoms with E-state index in [1.807, 2.05) is 42.5 Å². The van der Waals surface area contributed by atoms with E-state index in [0.29, 0.717) is 5.75 Å². The van der Waals surface area contributed by atoms with Crippen LogP contribution in [0.3, 0.4) is 0 Å². The fourth-order valence-corrected chi connectivity index (χ4v) is 4.42. The monoisotopic (exact) mass is 384 g/mol. The summed E-state index contributed by atoms with van der Waals surface area (Å²) in [4.78, 5) is 12.6. The first-order chi connectivity index (χ1) is 13.1. The molecule has 0 atom stereocenters. The molecule has 2 aromatic rings. The Kier molecular flexibility index (Phi) is 6.95. The van der Waals surface area contributed by atoms with Crippen LogP contribution in [0.25, 0.3) is 0 Å². The predicted molar refractivity (Wildman–Crippen MR) is 111 cm³/mol. The van der Waals surface area contributed by atoms with Crippen molar-refractivity contribution in [1.82, 2.24) is 0 Å². The zero-order valence-electron chi connectivity index (χ0n) is 16.1. The van der Waals surface area contributed by atoms with Gasteiger partial charge in [0.15, 0.2) is 0 Å². The summed E-state index contributed by atoms with van der Waals surface area (Å²) in [6, 6.07) is 17.7. The van der Waals surface area contributed by atoms with Crippen LogP contribution in [0.15, 0.2) is 54.6 Å². The molecule has 144 valence electrons. The summed E-state index contributed by atoms with van der Waals surface area (Å²) >= 11 is 6.10. The van der Waals surface area contributed by atoms with Gasteiger partial charge in [-0.1, -0.05) is 68.1 Å². The molecule has 0 unspecified atom stereocenters. The number of para-hydroxylation sites is 1. The quantitative estimate of drug-likeness (QED) is 0.293. The van der Waals surface area contributed by atoms with Crippen LogP contribution in [0.2, 0.25) is 5.02 Å². The highest BCUT2D eigenvalue weighted by Crippen LogP contribution is 2.45. The normalized spacial score (nSPS) is 22.4. The van der Waals surface area contributed by atoms with Gasteiger partial charge in [-0.15, -0.1) is 0 Å². The summed E-state index contributed by atoms with van der Waals surface area (Å²) in [6.07, 6.45) is 8.75. The minimum Gasteiger partial charge on any atom is -0.426 e. The third-order valence-corrected chi connectivity index (χ3v) is 6.21. The first-order valence-corrected chi connectivity index (χ1v) is 10.5. The van der Waals surface area contributed by atoms with E-state index in [2.05, 4.69) is 19.1 Å². The smallest absolute Gasteiger partial charge is 0.314 e. The minimum absolute atomic E-state index is 0.00296. The fraction of sp³-hybridized carbons (Fsp3) is 0.458. The average molecular weight is 385 g/mol. The lowest BCUT2D eigenvalue weighted by atomic mass is 9.64. The average Bonchev–Trinajstić information content (AvgIpc) is 2.70. The molecule has 2 nitrogen and oxygen atoms in total. The van der Waals surface area contributed by atoms with Gasteiger partial charge in [0.25, 0.3) is 0 Å². The SMILES string of the molecule is CCCCCC1(c2ccc(Cl)cc2)CCC(C(=O)Oc2ccccc2)CC1. The summed E-state index contributed by atoms with van der Waals surface area (Å²) in [6.45, 7) is 2.24. The highest BCUT2D eigenvalue weighted by molar-refractivity contribution is 6.30. The molecule has 3 heteroatoms. The molecule has 0 aliphatic heterocycles. The van der Waals surface area contributed by atoms with Gasteiger partial charge in [0.05, 0.1) is 5.92 Å². The van der Waals surface area contributed by atoms with Gasteiger partial charge in [-0.3, -0.25) is 4.79 Å². The lowest BCUT2D eigenvalue weighted by Crippen LogP contribution is -2.35. The number of carbonyl (C=O) groups excluding carboxylic acids is 1. The number of unbranched alkanes of at least 4 members (excludes halogenated alkanes) is 2. The lowest BCUT2D eigenvalue weighted by molar-refractivity contribution is -0.140. The van der Waals surface area contributed by atoms with Crippen molar-refractivity contribution in [3.8, 4) is 5.75 Å². The van der Waals surface area contributed by atoms with Gasteiger partial charge in [-0.05, 0) is 67.3 Å². The summed E-state index contributed by atoms with van der Waals surface area (Å²) in [5, 5.41) is 0.780. The topological polar surface area (TPSA) is 26.3 Å². The Hall–Kier alpha value is -1.80. The van der Waals surface area contributed by atoms with Gasteiger partial charge in [-0.2, -0.15) is 0 Å². The van der Waals surface area contributed by atoms with Crippen LogP contribution >= 0.6 is 11.6 Å². The molecule has 0 radical (unpaired) electrons. The largest absolute Gasteiger partial charge is 0.426 e. The van der Waals surface area contributed by atoms with Crippen molar-refractivity contribution in [3.05, 3.63) is 65.2 Å². The third-order valence-electron chi connectivity index (χ3n) is 5.95. The second-order valence-electron chi connectivity index (χ2n) is 7.75. The zero-order valence-corrected chi connectivity index (χ0v) is 16.9. The summed E-state index contributed by atoms with van der Waals surface area (Å²) in [7, 11) is 0. The van der Waals surface area contributed by atoms with Gasteiger partial charge in [0.2, 0.25) is 0 Å². The van der Waals surface area contributed by atoms with Crippen molar-refractivity contribution in [2.75, 3.05) is 0 Å². The van der Waals surface area contributed by atoms with Gasteiger partial charge >= 0.3 is 5.97 Å². The van der Waals surface area contributed by atoms with Crippen LogP contribution in [-0.4, -0.2) is 5.97 Å². The molecule has 0 bridgehead atoms. The molecule has 0 saturated heterocycles. The molecule has 1 saturated carbocycles. The summed E-state index contributed by atoms with van der Waals surface area (Å²) in [5.41, 5.74) is 1.54. The number of hydrogen-bond acceptors (Lipinski definition) is 2. The van der Waals surface area contributed by atoms with Crippen molar-refractivity contribution in [2.45, 2.75) is 63.7 Å². The van der Waals surface area contributed by atoms with Crippen LogP contribution < -0.4 is 4.74 Å². The van der Waals surface area contributed by atoms with E-state index in [0.717, 1.165) is 30.7 Å². The molecule has 1 aliphatic carbocycles. The molecular formula is C24H29ClO2. The zero-order chi connectivity index (χ0) is 19.1. The molecule has 1 fully saturated rings. The predicted octanol–water partition coefficient (Wildman–Crippen LogP) is 6.95. The molecule has 1 aliphatic rings. The number of carbonyl (C=O) groups is 1. The fourth-order valence-electron chi connectivity index (χ4n) is 4.29. The number of halogens is 1. The highest BCUT2D eigenvalue weighted by atomic mass is 35.5. The number of hydrogen-bond donors (Lipinski definition) is 0. The molecular weight excluding hydrogens is 356 g/mol. The summed E-state index contributed by atoms with van der Waals surface area (Å²) < 4.78 is 5.59. The van der Waals surface area contributed by atoms with Crippen molar-refractivity contribution >= 4 is 17.6 Å². The van der Waals surface area contributed by atoms with Crippen LogP contribution in [-0.2, 0) is 10.2 Å². The lowest BCUT2D eigenvalue weighted by Gasteiger charge is -2.40. The van der Waals surface area contributed by atoms with Crippen LogP contribution in [0.1, 0.15) is 63.9 Å². The molecule has 0 aromatic heterocycles. The van der Waals surface area contributed by atoms with Crippen molar-refractivity contribution in [1.29, 1.82) is 0 Å². The molecule has 0 N–H and O–H groups in total. The van der Waals surface area contributed by atoms with E-state index in [-0.39, 0.29) is 17.3 Å². The Bertz CT molecular complexity index is 716. The highest BCUT2D eigenvalue weighted by Gasteiger charge is 2.38. The van der Waals surface area contributed by atoms with E-state index in [4.69, 9.17) is 16.3 Å². The number of ether oxygens (including phenoxy) is 1. The Morgan fingerprint density at radius 1 is 1.04 bits per heavy atom. The maximum absolute atomic E-state index is 12.6. The Morgan fingerprint density at radius 2 is 1.70 bits per heavy atom. The number of benzene rings is 2. The minimum atomic E-state index is -0.0838. The Labute approximate surface area is 167 Å². The first-order valence-electron chi connectivity index (χ1n) is 10.2. The van der Waals surface area contributed by atoms with Crippen molar-refractivity contribution < 1.29 is 9.53 Å². The van der Waals surface area contributed by atoms with Crippen LogP contribution in [0.5, 0.6) is 5.75 Å². The standard InChI is InChI=1S/C24H29ClO2/c1-2-3-7-16-24(20-10-12-21(25)13-11-20)17-14-19(15-18-24)23(26)27-22-8-5-4-6-9-22/h4-6,8-13,19H,2-3,7,14-18H2,1H3. The second-order valence-corrected chi connectivity index (χ2v) is 8.19. The molecule has 0 amide bonds. The van der Waals surface area contributed by atoms with Crippen molar-refractivity contribution in [3.63, 3.8) is 0 Å². The second kappa shape index (κ2) is 9.41. The van der Waals surface area contributed by atoms with Gasteiger partial charge in [0, 0.05) is 5.02 Å². The van der Waals surface area contributed by atoms with Crippen LogP contribution in [0.4, 0.5) is 0 Å². The molecule has 0 spiro atoms. The van der Waals surface area contributed by atoms with Crippen LogP contribution in [0, 0.1) is 5.92 Å². The first kappa shape index (κ1) is 19.9. The Balaban J connectivity index is 1.67. The number of esters is 1. The number of rotatable bonds is 7.